The molecule has 1 unspecified atom stereocenters. The van der Waals surface area contributed by atoms with Crippen LogP contribution in [-0.4, -0.2) is 10.9 Å². The first-order valence-corrected chi connectivity index (χ1v) is 4.29. The molecule has 1 rings (SSSR count). The largest absolute Gasteiger partial charge is 0.385 e. The molecule has 3 heteroatoms. The summed E-state index contributed by atoms with van der Waals surface area (Å²) in [5.74, 6) is 0.0206. The minimum absolute atomic E-state index is 0.297. The van der Waals surface area contributed by atoms with Gasteiger partial charge in [-0.2, -0.15) is 12.6 Å². The van der Waals surface area contributed by atoms with Gasteiger partial charge >= 0.3 is 0 Å². The third-order valence-corrected chi connectivity index (χ3v) is 2.39. The van der Waals surface area contributed by atoms with Crippen LogP contribution < -0.4 is 0 Å². The molecule has 12 heavy (non-hydrogen) atoms. The normalized spacial score (nSPS) is 15.7. The third kappa shape index (κ3) is 1.99. The van der Waals surface area contributed by atoms with E-state index in [1.54, 1.807) is 19.1 Å². The second-order valence-corrected chi connectivity index (χ2v) is 3.26. The molecule has 0 fully saturated rings. The third-order valence-electron chi connectivity index (χ3n) is 1.77. The highest BCUT2D eigenvalue weighted by molar-refractivity contribution is 7.80. The lowest BCUT2D eigenvalue weighted by Gasteiger charge is -2.20. The van der Waals surface area contributed by atoms with E-state index >= 15 is 0 Å². The average Bonchev–Trinajstić information content (AvgIpc) is 2.05. The Morgan fingerprint density at radius 3 is 2.33 bits per heavy atom. The molecule has 0 aliphatic carbocycles. The molecule has 1 nitrogen and oxygen atoms in total. The highest BCUT2D eigenvalue weighted by Crippen LogP contribution is 2.21. The lowest BCUT2D eigenvalue weighted by molar-refractivity contribution is 0.0843. The maximum absolute atomic E-state index is 12.5. The van der Waals surface area contributed by atoms with Crippen molar-refractivity contribution in [1.29, 1.82) is 0 Å². The molecule has 0 amide bonds. The molecule has 0 aliphatic rings. The smallest absolute Gasteiger partial charge is 0.123 e. The van der Waals surface area contributed by atoms with Gasteiger partial charge in [0.25, 0.3) is 0 Å². The Hall–Kier alpha value is -0.540. The topological polar surface area (TPSA) is 20.2 Å². The van der Waals surface area contributed by atoms with Crippen molar-refractivity contribution in [2.24, 2.45) is 0 Å². The summed E-state index contributed by atoms with van der Waals surface area (Å²) in [5, 5.41) is 9.69. The van der Waals surface area contributed by atoms with Crippen molar-refractivity contribution in [3.63, 3.8) is 0 Å². The molecule has 0 saturated heterocycles. The average molecular weight is 186 g/mol. The molecule has 1 atom stereocenters. The van der Waals surface area contributed by atoms with Crippen LogP contribution in [0, 0.1) is 5.82 Å². The summed E-state index contributed by atoms with van der Waals surface area (Å²) in [4.78, 5) is 0. The predicted molar refractivity (Wildman–Crippen MR) is 49.8 cm³/mol. The Bertz CT molecular complexity index is 256. The van der Waals surface area contributed by atoms with Crippen LogP contribution in [0.3, 0.4) is 0 Å². The van der Waals surface area contributed by atoms with Crippen molar-refractivity contribution in [3.8, 4) is 0 Å². The SMILES string of the molecule is CC(O)(CS)c1ccc(F)cc1. The second-order valence-electron chi connectivity index (χ2n) is 2.94. The van der Waals surface area contributed by atoms with Gasteiger partial charge in [-0.15, -0.1) is 0 Å². The molecule has 0 radical (unpaired) electrons. The summed E-state index contributed by atoms with van der Waals surface area (Å²) < 4.78 is 12.5. The van der Waals surface area contributed by atoms with Crippen molar-refractivity contribution in [2.45, 2.75) is 12.5 Å². The number of hydrogen-bond acceptors (Lipinski definition) is 2. The molecule has 0 aliphatic heterocycles. The van der Waals surface area contributed by atoms with Crippen LogP contribution in [0.4, 0.5) is 4.39 Å². The van der Waals surface area contributed by atoms with Crippen LogP contribution in [0.5, 0.6) is 0 Å². The van der Waals surface area contributed by atoms with E-state index in [1.165, 1.54) is 12.1 Å². The van der Waals surface area contributed by atoms with Gasteiger partial charge in [-0.1, -0.05) is 12.1 Å². The first-order valence-electron chi connectivity index (χ1n) is 3.65. The molecule has 1 aromatic rings. The van der Waals surface area contributed by atoms with Gasteiger partial charge in [0.2, 0.25) is 0 Å². The van der Waals surface area contributed by atoms with E-state index in [9.17, 15) is 9.50 Å². The van der Waals surface area contributed by atoms with Gasteiger partial charge in [0.1, 0.15) is 5.82 Å². The highest BCUT2D eigenvalue weighted by Gasteiger charge is 2.20. The van der Waals surface area contributed by atoms with Crippen LogP contribution in [0.1, 0.15) is 12.5 Å². The van der Waals surface area contributed by atoms with E-state index < -0.39 is 5.60 Å². The van der Waals surface area contributed by atoms with Gasteiger partial charge in [-0.3, -0.25) is 0 Å². The van der Waals surface area contributed by atoms with E-state index in [-0.39, 0.29) is 5.82 Å². The van der Waals surface area contributed by atoms with Crippen molar-refractivity contribution in [3.05, 3.63) is 35.6 Å². The number of benzene rings is 1. The fourth-order valence-corrected chi connectivity index (χ4v) is 1.08. The Balaban J connectivity index is 2.96. The standard InChI is InChI=1S/C9H11FOS/c1-9(11,6-12)7-2-4-8(10)5-3-7/h2-5,11-12H,6H2,1H3. The monoisotopic (exact) mass is 186 g/mol. The summed E-state index contributed by atoms with van der Waals surface area (Å²) in [6, 6.07) is 5.78. The van der Waals surface area contributed by atoms with Gasteiger partial charge in [0.15, 0.2) is 0 Å². The molecule has 0 spiro atoms. The van der Waals surface area contributed by atoms with Crippen molar-refractivity contribution < 1.29 is 9.50 Å². The van der Waals surface area contributed by atoms with E-state index in [0.29, 0.717) is 11.3 Å². The fourth-order valence-electron chi connectivity index (χ4n) is 0.900. The highest BCUT2D eigenvalue weighted by atomic mass is 32.1. The van der Waals surface area contributed by atoms with Gasteiger partial charge in [0, 0.05) is 5.75 Å². The summed E-state index contributed by atoms with van der Waals surface area (Å²) in [7, 11) is 0. The van der Waals surface area contributed by atoms with Crippen LogP contribution in [0.15, 0.2) is 24.3 Å². The minimum atomic E-state index is -0.975. The number of rotatable bonds is 2. The molecule has 1 aromatic carbocycles. The molecular weight excluding hydrogens is 175 g/mol. The lowest BCUT2D eigenvalue weighted by Crippen LogP contribution is -2.22. The quantitative estimate of drug-likeness (QED) is 0.676. The summed E-state index contributed by atoms with van der Waals surface area (Å²) >= 11 is 3.99. The predicted octanol–water partition coefficient (Wildman–Crippen LogP) is 1.96. The van der Waals surface area contributed by atoms with Crippen LogP contribution in [0.2, 0.25) is 0 Å². The van der Waals surface area contributed by atoms with Gasteiger partial charge in [-0.05, 0) is 24.6 Å². The maximum Gasteiger partial charge on any atom is 0.123 e. The number of aliphatic hydroxyl groups is 1. The van der Waals surface area contributed by atoms with Gasteiger partial charge in [0.05, 0.1) is 5.60 Å². The Morgan fingerprint density at radius 2 is 1.92 bits per heavy atom. The molecule has 0 heterocycles. The molecule has 1 N–H and O–H groups in total. The van der Waals surface area contributed by atoms with Gasteiger partial charge in [-0.25, -0.2) is 4.39 Å². The number of hydrogen-bond donors (Lipinski definition) is 2. The van der Waals surface area contributed by atoms with Crippen molar-refractivity contribution >= 4 is 12.6 Å². The van der Waals surface area contributed by atoms with Crippen LogP contribution in [-0.2, 0) is 5.60 Å². The molecular formula is C9H11FOS. The maximum atomic E-state index is 12.5. The summed E-state index contributed by atoms with van der Waals surface area (Å²) in [6.45, 7) is 1.65. The first-order chi connectivity index (χ1) is 5.56. The zero-order valence-corrected chi connectivity index (χ0v) is 7.68. The van der Waals surface area contributed by atoms with E-state index in [0.717, 1.165) is 0 Å². The van der Waals surface area contributed by atoms with Crippen molar-refractivity contribution in [2.75, 3.05) is 5.75 Å². The Labute approximate surface area is 76.6 Å². The zero-order chi connectivity index (χ0) is 9.19. The van der Waals surface area contributed by atoms with E-state index in [4.69, 9.17) is 0 Å². The molecule has 0 bridgehead atoms. The van der Waals surface area contributed by atoms with Gasteiger partial charge < -0.3 is 5.11 Å². The van der Waals surface area contributed by atoms with Crippen LogP contribution in [0.25, 0.3) is 0 Å². The summed E-state index contributed by atoms with van der Waals surface area (Å²) in [6.07, 6.45) is 0. The molecule has 0 saturated carbocycles. The molecule has 0 aromatic heterocycles. The van der Waals surface area contributed by atoms with Crippen LogP contribution >= 0.6 is 12.6 Å². The first kappa shape index (κ1) is 9.55. The van der Waals surface area contributed by atoms with E-state index in [2.05, 4.69) is 12.6 Å². The number of thiol groups is 1. The second kappa shape index (κ2) is 3.46. The zero-order valence-electron chi connectivity index (χ0n) is 6.79. The number of halogens is 1. The van der Waals surface area contributed by atoms with E-state index in [1.807, 2.05) is 0 Å². The lowest BCUT2D eigenvalue weighted by atomic mass is 9.98. The Morgan fingerprint density at radius 1 is 1.42 bits per heavy atom. The fraction of sp³-hybridized carbons (Fsp3) is 0.333. The molecule has 66 valence electrons. The Kier molecular flexibility index (Phi) is 2.75. The van der Waals surface area contributed by atoms with Crippen molar-refractivity contribution in [1.82, 2.24) is 0 Å². The summed E-state index contributed by atoms with van der Waals surface area (Å²) in [5.41, 5.74) is -0.296. The minimum Gasteiger partial charge on any atom is -0.385 e.